The SMILES string of the molecule is COC(=O)N1CCCC(CCC(=O)NCc2ccc(OC)cc2OC)C1. The van der Waals surface area contributed by atoms with Gasteiger partial charge in [0.05, 0.1) is 21.3 Å². The Bertz CT molecular complexity index is 620. The predicted molar refractivity (Wildman–Crippen MR) is 97.3 cm³/mol. The molecule has 1 heterocycles. The number of nitrogens with zero attached hydrogens (tertiary/aromatic N) is 1. The molecule has 0 saturated carbocycles. The molecule has 1 fully saturated rings. The Morgan fingerprint density at radius 1 is 1.23 bits per heavy atom. The monoisotopic (exact) mass is 364 g/mol. The van der Waals surface area contributed by atoms with E-state index in [0.29, 0.717) is 36.9 Å². The lowest BCUT2D eigenvalue weighted by Crippen LogP contribution is -2.40. The van der Waals surface area contributed by atoms with Crippen LogP contribution in [0.1, 0.15) is 31.2 Å². The van der Waals surface area contributed by atoms with Crippen molar-refractivity contribution in [2.75, 3.05) is 34.4 Å². The number of amides is 2. The number of nitrogens with one attached hydrogen (secondary N) is 1. The molecule has 0 spiro atoms. The molecule has 0 aromatic heterocycles. The zero-order valence-corrected chi connectivity index (χ0v) is 15.7. The van der Waals surface area contributed by atoms with E-state index in [2.05, 4.69) is 5.32 Å². The number of likely N-dealkylation sites (tertiary alicyclic amines) is 1. The topological polar surface area (TPSA) is 77.1 Å². The van der Waals surface area contributed by atoms with Crippen molar-refractivity contribution in [3.63, 3.8) is 0 Å². The Morgan fingerprint density at radius 3 is 2.73 bits per heavy atom. The molecule has 0 aliphatic carbocycles. The number of hydrogen-bond donors (Lipinski definition) is 1. The molecule has 0 radical (unpaired) electrons. The lowest BCUT2D eigenvalue weighted by atomic mass is 9.93. The van der Waals surface area contributed by atoms with Gasteiger partial charge >= 0.3 is 6.09 Å². The Morgan fingerprint density at radius 2 is 2.04 bits per heavy atom. The summed E-state index contributed by atoms with van der Waals surface area (Å²) >= 11 is 0. The third kappa shape index (κ3) is 5.54. The maximum atomic E-state index is 12.2. The quantitative estimate of drug-likeness (QED) is 0.805. The lowest BCUT2D eigenvalue weighted by molar-refractivity contribution is -0.121. The van der Waals surface area contributed by atoms with Crippen LogP contribution in [-0.2, 0) is 16.1 Å². The van der Waals surface area contributed by atoms with Gasteiger partial charge in [-0.1, -0.05) is 0 Å². The molecule has 26 heavy (non-hydrogen) atoms. The smallest absolute Gasteiger partial charge is 0.409 e. The van der Waals surface area contributed by atoms with Crippen LogP contribution in [0, 0.1) is 5.92 Å². The highest BCUT2D eigenvalue weighted by atomic mass is 16.5. The van der Waals surface area contributed by atoms with Gasteiger partial charge in [0.1, 0.15) is 11.5 Å². The average molecular weight is 364 g/mol. The molecule has 1 aliphatic rings. The van der Waals surface area contributed by atoms with Crippen LogP contribution >= 0.6 is 0 Å². The number of ether oxygens (including phenoxy) is 3. The molecule has 1 aromatic rings. The molecule has 2 amide bonds. The first kappa shape index (κ1) is 19.9. The third-order valence-electron chi connectivity index (χ3n) is 4.70. The van der Waals surface area contributed by atoms with Gasteiger partial charge in [-0.05, 0) is 37.3 Å². The molecule has 1 saturated heterocycles. The van der Waals surface area contributed by atoms with Crippen LogP contribution in [0.5, 0.6) is 11.5 Å². The zero-order valence-electron chi connectivity index (χ0n) is 15.7. The number of carbonyl (C=O) groups excluding carboxylic acids is 2. The molecule has 144 valence electrons. The highest BCUT2D eigenvalue weighted by molar-refractivity contribution is 5.76. The molecule has 1 unspecified atom stereocenters. The number of piperidine rings is 1. The Hall–Kier alpha value is -2.44. The van der Waals surface area contributed by atoms with E-state index in [1.54, 1.807) is 25.2 Å². The van der Waals surface area contributed by atoms with Crippen LogP contribution in [0.15, 0.2) is 18.2 Å². The number of benzene rings is 1. The molecule has 1 aliphatic heterocycles. The first-order chi connectivity index (χ1) is 12.6. The second kappa shape index (κ2) is 9.89. The van der Waals surface area contributed by atoms with E-state index in [9.17, 15) is 9.59 Å². The van der Waals surface area contributed by atoms with Crippen molar-refractivity contribution in [1.29, 1.82) is 0 Å². The van der Waals surface area contributed by atoms with Crippen LogP contribution in [0.25, 0.3) is 0 Å². The minimum absolute atomic E-state index is 0.00179. The molecule has 2 rings (SSSR count). The van der Waals surface area contributed by atoms with Gasteiger partial charge in [0.25, 0.3) is 0 Å². The van der Waals surface area contributed by atoms with Gasteiger partial charge in [-0.15, -0.1) is 0 Å². The van der Waals surface area contributed by atoms with Crippen molar-refractivity contribution >= 4 is 12.0 Å². The number of hydrogen-bond acceptors (Lipinski definition) is 5. The average Bonchev–Trinajstić information content (AvgIpc) is 2.70. The number of carbonyl (C=O) groups is 2. The third-order valence-corrected chi connectivity index (χ3v) is 4.70. The summed E-state index contributed by atoms with van der Waals surface area (Å²) in [4.78, 5) is 25.5. The van der Waals surface area contributed by atoms with Gasteiger partial charge in [-0.3, -0.25) is 4.79 Å². The Labute approximate surface area is 154 Å². The van der Waals surface area contributed by atoms with E-state index in [1.807, 2.05) is 12.1 Å². The fraction of sp³-hybridized carbons (Fsp3) is 0.579. The summed E-state index contributed by atoms with van der Waals surface area (Å²) in [6, 6.07) is 5.52. The van der Waals surface area contributed by atoms with Gasteiger partial charge in [0.15, 0.2) is 0 Å². The summed E-state index contributed by atoms with van der Waals surface area (Å²) in [5.41, 5.74) is 0.899. The summed E-state index contributed by atoms with van der Waals surface area (Å²) in [7, 11) is 4.59. The minimum atomic E-state index is -0.286. The van der Waals surface area contributed by atoms with Crippen molar-refractivity contribution in [2.45, 2.75) is 32.2 Å². The normalized spacial score (nSPS) is 16.7. The first-order valence-electron chi connectivity index (χ1n) is 8.87. The Kier molecular flexibility index (Phi) is 7.56. The van der Waals surface area contributed by atoms with Gasteiger partial charge in [0.2, 0.25) is 5.91 Å². The van der Waals surface area contributed by atoms with E-state index in [1.165, 1.54) is 7.11 Å². The molecule has 1 N–H and O–H groups in total. The molecule has 1 aromatic carbocycles. The van der Waals surface area contributed by atoms with Crippen molar-refractivity contribution in [1.82, 2.24) is 10.2 Å². The molecular formula is C19H28N2O5. The summed E-state index contributed by atoms with van der Waals surface area (Å²) in [6.45, 7) is 1.80. The summed E-state index contributed by atoms with van der Waals surface area (Å²) in [5, 5.41) is 2.93. The van der Waals surface area contributed by atoms with Crippen LogP contribution in [-0.4, -0.2) is 51.3 Å². The van der Waals surface area contributed by atoms with E-state index in [4.69, 9.17) is 14.2 Å². The maximum absolute atomic E-state index is 12.2. The van der Waals surface area contributed by atoms with Crippen molar-refractivity contribution in [2.24, 2.45) is 5.92 Å². The lowest BCUT2D eigenvalue weighted by Gasteiger charge is -2.31. The van der Waals surface area contributed by atoms with Crippen LogP contribution < -0.4 is 14.8 Å². The first-order valence-corrected chi connectivity index (χ1v) is 8.87. The number of methoxy groups -OCH3 is 3. The highest BCUT2D eigenvalue weighted by Crippen LogP contribution is 2.25. The van der Waals surface area contributed by atoms with Crippen LogP contribution in [0.2, 0.25) is 0 Å². The van der Waals surface area contributed by atoms with E-state index in [0.717, 1.165) is 31.4 Å². The number of rotatable bonds is 7. The summed E-state index contributed by atoms with van der Waals surface area (Å²) in [5.74, 6) is 1.73. The van der Waals surface area contributed by atoms with Gasteiger partial charge in [-0.2, -0.15) is 0 Å². The maximum Gasteiger partial charge on any atom is 0.409 e. The van der Waals surface area contributed by atoms with Crippen molar-refractivity contribution in [3.05, 3.63) is 23.8 Å². The highest BCUT2D eigenvalue weighted by Gasteiger charge is 2.24. The van der Waals surface area contributed by atoms with Gasteiger partial charge < -0.3 is 24.4 Å². The van der Waals surface area contributed by atoms with Gasteiger partial charge in [-0.25, -0.2) is 4.79 Å². The molecule has 7 heteroatoms. The van der Waals surface area contributed by atoms with Crippen molar-refractivity contribution in [3.8, 4) is 11.5 Å². The second-order valence-electron chi connectivity index (χ2n) is 6.42. The minimum Gasteiger partial charge on any atom is -0.497 e. The van der Waals surface area contributed by atoms with Gasteiger partial charge in [0, 0.05) is 37.7 Å². The molecule has 0 bridgehead atoms. The summed E-state index contributed by atoms with van der Waals surface area (Å²) < 4.78 is 15.3. The van der Waals surface area contributed by atoms with E-state index >= 15 is 0 Å². The van der Waals surface area contributed by atoms with Crippen molar-refractivity contribution < 1.29 is 23.8 Å². The molecular weight excluding hydrogens is 336 g/mol. The fourth-order valence-electron chi connectivity index (χ4n) is 3.21. The van der Waals surface area contributed by atoms with E-state index in [-0.39, 0.29) is 12.0 Å². The molecule has 1 atom stereocenters. The summed E-state index contributed by atoms with van der Waals surface area (Å²) in [6.07, 6.45) is 2.90. The second-order valence-corrected chi connectivity index (χ2v) is 6.42. The van der Waals surface area contributed by atoms with Crippen LogP contribution in [0.3, 0.4) is 0 Å². The Balaban J connectivity index is 1.78. The van der Waals surface area contributed by atoms with Crippen LogP contribution in [0.4, 0.5) is 4.79 Å². The predicted octanol–water partition coefficient (Wildman–Crippen LogP) is 2.58. The standard InChI is InChI=1S/C19H28N2O5/c1-24-16-8-7-15(17(11-16)25-2)12-20-18(22)9-6-14-5-4-10-21(13-14)19(23)26-3/h7-8,11,14H,4-6,9-10,12-13H2,1-3H3,(H,20,22). The molecule has 7 nitrogen and oxygen atoms in total. The van der Waals surface area contributed by atoms with E-state index < -0.39 is 0 Å². The fourth-order valence-corrected chi connectivity index (χ4v) is 3.21. The largest absolute Gasteiger partial charge is 0.497 e. The zero-order chi connectivity index (χ0) is 18.9.